The molecule has 0 saturated heterocycles. The van der Waals surface area contributed by atoms with Gasteiger partial charge in [0.25, 0.3) is 0 Å². The Kier molecular flexibility index (Phi) is 2.61. The van der Waals surface area contributed by atoms with Gasteiger partial charge < -0.3 is 5.73 Å². The first-order chi connectivity index (χ1) is 6.34. The lowest BCUT2D eigenvalue weighted by Gasteiger charge is -2.21. The lowest BCUT2D eigenvalue weighted by molar-refractivity contribution is 0.417. The molecule has 0 aliphatic carbocycles. The number of thiocarbonyl (C=S) groups is 1. The summed E-state index contributed by atoms with van der Waals surface area (Å²) in [6.45, 7) is 3.71. The molecule has 14 heavy (non-hydrogen) atoms. The van der Waals surface area contributed by atoms with E-state index in [4.69, 9.17) is 18.0 Å². The summed E-state index contributed by atoms with van der Waals surface area (Å²) in [6, 6.07) is 0. The fourth-order valence-electron chi connectivity index (χ4n) is 0.951. The van der Waals surface area contributed by atoms with Gasteiger partial charge in [0.1, 0.15) is 0 Å². The number of nitrogens with zero attached hydrogens (tertiary/aromatic N) is 1. The molecule has 4 N–H and O–H groups in total. The van der Waals surface area contributed by atoms with Crippen LogP contribution in [0.15, 0.2) is 9.59 Å². The molecule has 6 nitrogen and oxygen atoms in total. The Labute approximate surface area is 85.1 Å². The van der Waals surface area contributed by atoms with Gasteiger partial charge in [-0.3, -0.25) is 0 Å². The van der Waals surface area contributed by atoms with E-state index in [1.165, 1.54) is 0 Å². The summed E-state index contributed by atoms with van der Waals surface area (Å²) < 4.78 is 1.03. The van der Waals surface area contributed by atoms with E-state index in [2.05, 4.69) is 10.2 Å². The highest BCUT2D eigenvalue weighted by molar-refractivity contribution is 7.80. The molecule has 1 heterocycles. The van der Waals surface area contributed by atoms with E-state index in [0.717, 1.165) is 4.57 Å². The molecule has 0 aliphatic heterocycles. The molecule has 0 saturated carbocycles. The van der Waals surface area contributed by atoms with Crippen LogP contribution in [0.1, 0.15) is 13.8 Å². The number of aromatic amines is 2. The molecule has 0 unspecified atom stereocenters. The molecule has 0 aliphatic rings. The van der Waals surface area contributed by atoms with E-state index in [0.29, 0.717) is 0 Å². The number of hydrogen-bond acceptors (Lipinski definition) is 3. The van der Waals surface area contributed by atoms with Gasteiger partial charge in [0, 0.05) is 12.0 Å². The predicted molar refractivity (Wildman–Crippen MR) is 56.2 cm³/mol. The summed E-state index contributed by atoms with van der Waals surface area (Å²) in [4.78, 5) is 22.5. The monoisotopic (exact) mass is 216 g/mol. The summed E-state index contributed by atoms with van der Waals surface area (Å²) in [5.74, 6) is 0. The molecule has 1 rings (SSSR count). The number of hydrogen-bond donors (Lipinski definition) is 3. The highest BCUT2D eigenvalue weighted by Crippen LogP contribution is 2.16. The van der Waals surface area contributed by atoms with Crippen LogP contribution in [0.2, 0.25) is 0 Å². The molecule has 0 radical (unpaired) electrons. The Bertz CT molecular complexity index is 425. The van der Waals surface area contributed by atoms with Crippen LogP contribution in [-0.4, -0.2) is 19.8 Å². The normalized spacial score (nSPS) is 11.6. The third kappa shape index (κ3) is 1.92. The Morgan fingerprint density at radius 2 is 1.86 bits per heavy atom. The summed E-state index contributed by atoms with van der Waals surface area (Å²) >= 11 is 4.83. The molecule has 0 spiro atoms. The van der Waals surface area contributed by atoms with Crippen molar-refractivity contribution in [1.82, 2.24) is 14.8 Å². The molecule has 7 heteroatoms. The lowest BCUT2D eigenvalue weighted by atomic mass is 9.94. The van der Waals surface area contributed by atoms with E-state index in [1.807, 2.05) is 0 Å². The van der Waals surface area contributed by atoms with Crippen LogP contribution >= 0.6 is 12.2 Å². The molecule has 0 atom stereocenters. The van der Waals surface area contributed by atoms with Crippen molar-refractivity contribution in [2.24, 2.45) is 11.1 Å². The van der Waals surface area contributed by atoms with E-state index in [1.54, 1.807) is 13.8 Å². The van der Waals surface area contributed by atoms with Gasteiger partial charge in [-0.2, -0.15) is 0 Å². The van der Waals surface area contributed by atoms with Crippen molar-refractivity contribution in [3.05, 3.63) is 21.0 Å². The number of nitrogens with two attached hydrogens (primary N) is 1. The van der Waals surface area contributed by atoms with Crippen molar-refractivity contribution in [3.8, 4) is 0 Å². The highest BCUT2D eigenvalue weighted by atomic mass is 32.1. The summed E-state index contributed by atoms with van der Waals surface area (Å²) in [5, 5.41) is 4.37. The third-order valence-corrected chi connectivity index (χ3v) is 2.54. The zero-order valence-corrected chi connectivity index (χ0v) is 8.77. The van der Waals surface area contributed by atoms with Crippen molar-refractivity contribution in [1.29, 1.82) is 0 Å². The minimum atomic E-state index is -0.561. The fraction of sp³-hybridized carbons (Fsp3) is 0.571. The van der Waals surface area contributed by atoms with Gasteiger partial charge in [0.05, 0.1) is 4.99 Å². The standard InChI is InChI=1S/C7H12N4O2S/c1-7(2,4(8)14)3-11-5(12)9-10-6(11)13/h3H2,1-2H3,(H2,8,14)(H,9,12)(H,10,13). The van der Waals surface area contributed by atoms with Crippen molar-refractivity contribution in [3.63, 3.8) is 0 Å². The smallest absolute Gasteiger partial charge is 0.344 e. The Hall–Kier alpha value is -1.37. The number of nitrogens with one attached hydrogen (secondary N) is 2. The molecular formula is C7H12N4O2S. The Balaban J connectivity index is 3.06. The molecule has 0 bridgehead atoms. The van der Waals surface area contributed by atoms with Gasteiger partial charge in [-0.1, -0.05) is 26.1 Å². The topological polar surface area (TPSA) is 96.7 Å². The van der Waals surface area contributed by atoms with E-state index in [9.17, 15) is 9.59 Å². The molecule has 1 aromatic rings. The maximum absolute atomic E-state index is 11.1. The molecular weight excluding hydrogens is 204 g/mol. The number of rotatable bonds is 3. The summed E-state index contributed by atoms with van der Waals surface area (Å²) in [6.07, 6.45) is 0. The molecule has 1 aromatic heterocycles. The summed E-state index contributed by atoms with van der Waals surface area (Å²) in [7, 11) is 0. The molecule has 0 fully saturated rings. The van der Waals surface area contributed by atoms with Gasteiger partial charge in [0.2, 0.25) is 0 Å². The van der Waals surface area contributed by atoms with Crippen LogP contribution in [0.5, 0.6) is 0 Å². The minimum Gasteiger partial charge on any atom is -0.393 e. The first kappa shape index (κ1) is 10.7. The lowest BCUT2D eigenvalue weighted by Crippen LogP contribution is -2.40. The predicted octanol–water partition coefficient (Wildman–Crippen LogP) is -0.823. The second kappa shape index (κ2) is 3.41. The van der Waals surface area contributed by atoms with Gasteiger partial charge in [0.15, 0.2) is 0 Å². The SMILES string of the molecule is CC(C)(Cn1c(=O)[nH][nH]c1=O)C(N)=S. The largest absolute Gasteiger partial charge is 0.393 e. The third-order valence-electron chi connectivity index (χ3n) is 1.99. The first-order valence-electron chi connectivity index (χ1n) is 4.02. The van der Waals surface area contributed by atoms with Crippen LogP contribution in [0, 0.1) is 5.41 Å². The van der Waals surface area contributed by atoms with Crippen molar-refractivity contribution < 1.29 is 0 Å². The van der Waals surface area contributed by atoms with Gasteiger partial charge >= 0.3 is 11.4 Å². The first-order valence-corrected chi connectivity index (χ1v) is 4.43. The van der Waals surface area contributed by atoms with Crippen LogP contribution in [-0.2, 0) is 6.54 Å². The average molecular weight is 216 g/mol. The zero-order chi connectivity index (χ0) is 10.9. The van der Waals surface area contributed by atoms with Crippen LogP contribution in [0.4, 0.5) is 0 Å². The van der Waals surface area contributed by atoms with Crippen LogP contribution in [0.25, 0.3) is 0 Å². The molecule has 0 amide bonds. The van der Waals surface area contributed by atoms with E-state index < -0.39 is 16.8 Å². The van der Waals surface area contributed by atoms with Crippen molar-refractivity contribution >= 4 is 17.2 Å². The van der Waals surface area contributed by atoms with E-state index >= 15 is 0 Å². The quantitative estimate of drug-likeness (QED) is 0.575. The average Bonchev–Trinajstić information content (AvgIpc) is 2.35. The van der Waals surface area contributed by atoms with Crippen molar-refractivity contribution in [2.45, 2.75) is 20.4 Å². The van der Waals surface area contributed by atoms with Crippen molar-refractivity contribution in [2.75, 3.05) is 0 Å². The minimum absolute atomic E-state index is 0.167. The maximum Gasteiger partial charge on any atom is 0.344 e. The number of aromatic nitrogens is 3. The van der Waals surface area contributed by atoms with E-state index in [-0.39, 0.29) is 11.5 Å². The molecule has 0 aromatic carbocycles. The second-order valence-electron chi connectivity index (χ2n) is 3.69. The van der Waals surface area contributed by atoms with Crippen LogP contribution < -0.4 is 17.1 Å². The number of H-pyrrole nitrogens is 2. The maximum atomic E-state index is 11.1. The van der Waals surface area contributed by atoms with Crippen LogP contribution in [0.3, 0.4) is 0 Å². The fourth-order valence-corrected chi connectivity index (χ4v) is 1.02. The van der Waals surface area contributed by atoms with Gasteiger partial charge in [-0.05, 0) is 0 Å². The summed E-state index contributed by atoms with van der Waals surface area (Å²) in [5.41, 5.74) is 3.95. The molecule has 78 valence electrons. The van der Waals surface area contributed by atoms with Gasteiger partial charge in [-0.25, -0.2) is 24.4 Å². The Morgan fingerprint density at radius 3 is 2.21 bits per heavy atom. The second-order valence-corrected chi connectivity index (χ2v) is 4.13. The van der Waals surface area contributed by atoms with Gasteiger partial charge in [-0.15, -0.1) is 0 Å². The zero-order valence-electron chi connectivity index (χ0n) is 7.96. The Morgan fingerprint density at radius 1 is 1.43 bits per heavy atom. The highest BCUT2D eigenvalue weighted by Gasteiger charge is 2.23.